The Morgan fingerprint density at radius 2 is 1.79 bits per heavy atom. The van der Waals surface area contributed by atoms with Crippen molar-refractivity contribution in [3.05, 3.63) is 41.2 Å². The number of nitrogen functional groups attached to an aromatic ring is 1. The zero-order valence-corrected chi connectivity index (χ0v) is 19.1. The van der Waals surface area contributed by atoms with Gasteiger partial charge in [0, 0.05) is 19.3 Å². The minimum absolute atomic E-state index is 0.0506. The number of nitrogens with zero attached hydrogens (tertiary/aromatic N) is 2. The lowest BCUT2D eigenvalue weighted by Gasteiger charge is -2.20. The van der Waals surface area contributed by atoms with E-state index in [1.54, 1.807) is 26.8 Å². The minimum atomic E-state index is -0.755. The first-order valence-corrected chi connectivity index (χ1v) is 9.95. The summed E-state index contributed by atoms with van der Waals surface area (Å²) in [5.74, 6) is -1.34. The SMILES string of the molecule is COC(=O)c1ccc(NCCNC(=O)OC(C)(C)C)c(-n2cc(C#N)c(N)c2C(=O)OC)c1. The van der Waals surface area contributed by atoms with Gasteiger partial charge in [-0.15, -0.1) is 0 Å². The third-order valence-electron chi connectivity index (χ3n) is 4.33. The first kappa shape index (κ1) is 25.1. The largest absolute Gasteiger partial charge is 0.465 e. The average Bonchev–Trinajstić information content (AvgIpc) is 3.10. The van der Waals surface area contributed by atoms with E-state index in [4.69, 9.17) is 19.9 Å². The number of ether oxygens (including phenoxy) is 3. The number of carbonyl (C=O) groups excluding carboxylic acids is 3. The van der Waals surface area contributed by atoms with Gasteiger partial charge >= 0.3 is 18.0 Å². The fraction of sp³-hybridized carbons (Fsp3) is 0.364. The maximum Gasteiger partial charge on any atom is 0.407 e. The van der Waals surface area contributed by atoms with Crippen LogP contribution in [0.5, 0.6) is 0 Å². The van der Waals surface area contributed by atoms with Crippen LogP contribution in [0.3, 0.4) is 0 Å². The lowest BCUT2D eigenvalue weighted by molar-refractivity contribution is 0.0527. The fourth-order valence-corrected chi connectivity index (χ4v) is 2.91. The quantitative estimate of drug-likeness (QED) is 0.322. The summed E-state index contributed by atoms with van der Waals surface area (Å²) in [6.07, 6.45) is 0.817. The van der Waals surface area contributed by atoms with Crippen LogP contribution in [0.1, 0.15) is 47.2 Å². The molecule has 0 aliphatic carbocycles. The number of carbonyl (C=O) groups is 3. The van der Waals surface area contributed by atoms with Crippen LogP contribution in [0, 0.1) is 11.3 Å². The molecule has 11 heteroatoms. The Morgan fingerprint density at radius 3 is 2.36 bits per heavy atom. The van der Waals surface area contributed by atoms with Crippen molar-refractivity contribution in [2.45, 2.75) is 26.4 Å². The smallest absolute Gasteiger partial charge is 0.407 e. The highest BCUT2D eigenvalue weighted by atomic mass is 16.6. The molecule has 1 amide bonds. The number of rotatable bonds is 7. The highest BCUT2D eigenvalue weighted by Gasteiger charge is 2.24. The van der Waals surface area contributed by atoms with Crippen LogP contribution in [-0.2, 0) is 14.2 Å². The van der Waals surface area contributed by atoms with Gasteiger partial charge in [-0.1, -0.05) is 0 Å². The summed E-state index contributed by atoms with van der Waals surface area (Å²) in [6, 6.07) is 6.56. The predicted molar refractivity (Wildman–Crippen MR) is 120 cm³/mol. The van der Waals surface area contributed by atoms with Crippen LogP contribution in [0.2, 0.25) is 0 Å². The minimum Gasteiger partial charge on any atom is -0.465 e. The van der Waals surface area contributed by atoms with E-state index in [1.807, 2.05) is 6.07 Å². The van der Waals surface area contributed by atoms with Crippen LogP contribution in [0.4, 0.5) is 16.2 Å². The Kier molecular flexibility index (Phi) is 7.90. The second-order valence-corrected chi connectivity index (χ2v) is 7.86. The average molecular weight is 457 g/mol. The highest BCUT2D eigenvalue weighted by Crippen LogP contribution is 2.30. The van der Waals surface area contributed by atoms with Crippen molar-refractivity contribution in [2.75, 3.05) is 38.4 Å². The topological polar surface area (TPSA) is 158 Å². The number of aromatic nitrogens is 1. The molecule has 0 unspecified atom stereocenters. The van der Waals surface area contributed by atoms with Gasteiger partial charge in [0.05, 0.1) is 42.4 Å². The second kappa shape index (κ2) is 10.4. The molecule has 176 valence electrons. The van der Waals surface area contributed by atoms with Crippen molar-refractivity contribution in [2.24, 2.45) is 0 Å². The first-order chi connectivity index (χ1) is 15.5. The normalized spacial score (nSPS) is 10.7. The second-order valence-electron chi connectivity index (χ2n) is 7.86. The summed E-state index contributed by atoms with van der Waals surface area (Å²) in [5.41, 5.74) is 6.39. The number of benzene rings is 1. The third-order valence-corrected chi connectivity index (χ3v) is 4.33. The van der Waals surface area contributed by atoms with Crippen LogP contribution in [-0.4, -0.2) is 55.5 Å². The number of nitriles is 1. The number of esters is 2. The Hall–Kier alpha value is -4.20. The van der Waals surface area contributed by atoms with Crippen molar-refractivity contribution in [1.29, 1.82) is 5.26 Å². The zero-order valence-electron chi connectivity index (χ0n) is 19.1. The maximum atomic E-state index is 12.4. The molecule has 0 saturated carbocycles. The Labute approximate surface area is 191 Å². The van der Waals surface area contributed by atoms with E-state index in [0.29, 0.717) is 17.9 Å². The van der Waals surface area contributed by atoms with E-state index in [2.05, 4.69) is 10.6 Å². The van der Waals surface area contributed by atoms with Crippen LogP contribution >= 0.6 is 0 Å². The molecule has 4 N–H and O–H groups in total. The highest BCUT2D eigenvalue weighted by molar-refractivity contribution is 5.97. The van der Waals surface area contributed by atoms with Gasteiger partial charge in [-0.25, -0.2) is 14.4 Å². The van der Waals surface area contributed by atoms with E-state index in [-0.39, 0.29) is 29.1 Å². The standard InChI is InChI=1S/C22H27N5O6/c1-22(2,3)33-21(30)26-9-8-25-15-7-6-13(19(28)31-4)10-16(15)27-12-14(11-23)17(24)18(27)20(29)32-5/h6-7,10,12,25H,8-9,24H2,1-5H3,(H,26,30). The molecule has 2 rings (SSSR count). The summed E-state index contributed by atoms with van der Waals surface area (Å²) >= 11 is 0. The number of nitrogens with one attached hydrogen (secondary N) is 2. The first-order valence-electron chi connectivity index (χ1n) is 9.95. The molecule has 33 heavy (non-hydrogen) atoms. The zero-order chi connectivity index (χ0) is 24.8. The number of hydrogen-bond acceptors (Lipinski definition) is 9. The van der Waals surface area contributed by atoms with Gasteiger partial charge in [0.2, 0.25) is 0 Å². The van der Waals surface area contributed by atoms with Gasteiger partial charge in [0.25, 0.3) is 0 Å². The molecule has 0 radical (unpaired) electrons. The third kappa shape index (κ3) is 6.16. The number of hydrogen-bond donors (Lipinski definition) is 3. The molecule has 0 bridgehead atoms. The molecule has 0 fully saturated rings. The Morgan fingerprint density at radius 1 is 1.12 bits per heavy atom. The van der Waals surface area contributed by atoms with Gasteiger partial charge < -0.3 is 35.1 Å². The van der Waals surface area contributed by atoms with Gasteiger partial charge in [-0.2, -0.15) is 5.26 Å². The van der Waals surface area contributed by atoms with E-state index in [0.717, 1.165) is 0 Å². The number of alkyl carbamates (subject to hydrolysis) is 1. The summed E-state index contributed by atoms with van der Waals surface area (Å²) in [6.45, 7) is 5.80. The summed E-state index contributed by atoms with van der Waals surface area (Å²) in [4.78, 5) is 36.3. The molecular formula is C22H27N5O6. The maximum absolute atomic E-state index is 12.4. The van der Waals surface area contributed by atoms with Crippen molar-refractivity contribution < 1.29 is 28.6 Å². The van der Waals surface area contributed by atoms with Crippen molar-refractivity contribution in [1.82, 2.24) is 9.88 Å². The number of amides is 1. The number of methoxy groups -OCH3 is 2. The summed E-state index contributed by atoms with van der Waals surface area (Å²) in [7, 11) is 2.44. The predicted octanol–water partition coefficient (Wildman–Crippen LogP) is 2.44. The van der Waals surface area contributed by atoms with E-state index in [9.17, 15) is 19.6 Å². The fourth-order valence-electron chi connectivity index (χ4n) is 2.91. The lowest BCUT2D eigenvalue weighted by Crippen LogP contribution is -2.35. The van der Waals surface area contributed by atoms with Gasteiger partial charge in [0.15, 0.2) is 5.69 Å². The van der Waals surface area contributed by atoms with Crippen molar-refractivity contribution in [3.63, 3.8) is 0 Å². The molecule has 0 atom stereocenters. The van der Waals surface area contributed by atoms with E-state index >= 15 is 0 Å². The van der Waals surface area contributed by atoms with Gasteiger partial charge in [0.1, 0.15) is 11.7 Å². The number of nitrogens with two attached hydrogens (primary N) is 1. The van der Waals surface area contributed by atoms with Crippen LogP contribution in [0.25, 0.3) is 5.69 Å². The van der Waals surface area contributed by atoms with Crippen LogP contribution < -0.4 is 16.4 Å². The van der Waals surface area contributed by atoms with E-state index < -0.39 is 23.6 Å². The Bertz CT molecular complexity index is 1090. The molecule has 11 nitrogen and oxygen atoms in total. The molecule has 0 saturated heterocycles. The molecule has 1 heterocycles. The van der Waals surface area contributed by atoms with Crippen molar-refractivity contribution >= 4 is 29.4 Å². The molecule has 2 aromatic rings. The molecule has 0 aliphatic heterocycles. The Balaban J connectivity index is 2.39. The van der Waals surface area contributed by atoms with Crippen LogP contribution in [0.15, 0.2) is 24.4 Å². The lowest BCUT2D eigenvalue weighted by atomic mass is 10.1. The molecule has 0 spiro atoms. The van der Waals surface area contributed by atoms with E-state index in [1.165, 1.54) is 37.1 Å². The summed E-state index contributed by atoms with van der Waals surface area (Å²) in [5, 5.41) is 15.1. The van der Waals surface area contributed by atoms with Gasteiger partial charge in [-0.3, -0.25) is 0 Å². The van der Waals surface area contributed by atoms with Gasteiger partial charge in [-0.05, 0) is 39.0 Å². The van der Waals surface area contributed by atoms with Crippen molar-refractivity contribution in [3.8, 4) is 11.8 Å². The molecule has 1 aromatic carbocycles. The molecule has 0 aliphatic rings. The molecular weight excluding hydrogens is 430 g/mol. The summed E-state index contributed by atoms with van der Waals surface area (Å²) < 4.78 is 16.2. The number of anilines is 2. The molecule has 1 aromatic heterocycles. The monoisotopic (exact) mass is 457 g/mol.